The third-order valence-corrected chi connectivity index (χ3v) is 9.77. The monoisotopic (exact) mass is 484 g/mol. The van der Waals surface area contributed by atoms with Gasteiger partial charge < -0.3 is 15.3 Å². The SMILES string of the molecule is CC(C)C1CCC(c2ccc(O)cc2)(C2CCC(c3ccc(O)cc3)(c3ccc(O)cc3)CC2)CC1. The van der Waals surface area contributed by atoms with Crippen LogP contribution in [0.15, 0.2) is 72.8 Å². The molecule has 0 radical (unpaired) electrons. The van der Waals surface area contributed by atoms with E-state index in [4.69, 9.17) is 0 Å². The fourth-order valence-electron chi connectivity index (χ4n) is 7.52. The molecule has 0 aromatic heterocycles. The molecule has 0 saturated heterocycles. The van der Waals surface area contributed by atoms with E-state index in [2.05, 4.69) is 50.2 Å². The van der Waals surface area contributed by atoms with E-state index in [1.165, 1.54) is 42.4 Å². The third-order valence-electron chi connectivity index (χ3n) is 9.77. The summed E-state index contributed by atoms with van der Waals surface area (Å²) in [7, 11) is 0. The van der Waals surface area contributed by atoms with Gasteiger partial charge in [0, 0.05) is 5.41 Å². The Bertz CT molecular complexity index is 1080. The average molecular weight is 485 g/mol. The van der Waals surface area contributed by atoms with Gasteiger partial charge in [0.05, 0.1) is 0 Å². The van der Waals surface area contributed by atoms with Crippen LogP contribution in [0.1, 0.15) is 81.9 Å². The Morgan fingerprint density at radius 2 is 0.944 bits per heavy atom. The maximum atomic E-state index is 9.99. The Hall–Kier alpha value is -2.94. The molecule has 3 heteroatoms. The second-order valence-electron chi connectivity index (χ2n) is 11.7. The summed E-state index contributed by atoms with van der Waals surface area (Å²) >= 11 is 0. The highest BCUT2D eigenvalue weighted by Gasteiger charge is 2.48. The van der Waals surface area contributed by atoms with Crippen LogP contribution in [0.4, 0.5) is 0 Å². The van der Waals surface area contributed by atoms with E-state index in [0.717, 1.165) is 37.5 Å². The van der Waals surface area contributed by atoms with Crippen LogP contribution in [0, 0.1) is 17.8 Å². The van der Waals surface area contributed by atoms with E-state index in [9.17, 15) is 15.3 Å². The Morgan fingerprint density at radius 3 is 1.33 bits per heavy atom. The minimum atomic E-state index is -0.122. The van der Waals surface area contributed by atoms with Crippen LogP contribution in [0.25, 0.3) is 0 Å². The molecule has 0 heterocycles. The first kappa shape index (κ1) is 24.7. The predicted octanol–water partition coefficient (Wildman–Crippen LogP) is 8.06. The molecule has 0 aliphatic heterocycles. The summed E-state index contributed by atoms with van der Waals surface area (Å²) in [6.45, 7) is 4.73. The standard InChI is InChI=1S/C33H40O3/c1-23(2)24-15-19-32(20-16-24,25-3-9-29(34)10-4-25)28-17-21-33(22-18-28,26-5-11-30(35)12-6-26)27-7-13-31(36)14-8-27/h3-14,23-24,28,34-36H,15-22H2,1-2H3. The molecule has 0 bridgehead atoms. The fourth-order valence-corrected chi connectivity index (χ4v) is 7.52. The van der Waals surface area contributed by atoms with Crippen molar-refractivity contribution in [2.45, 2.75) is 76.0 Å². The summed E-state index contributed by atoms with van der Waals surface area (Å²) < 4.78 is 0. The van der Waals surface area contributed by atoms with Crippen LogP contribution in [0.3, 0.4) is 0 Å². The number of phenols is 3. The van der Waals surface area contributed by atoms with E-state index < -0.39 is 0 Å². The molecule has 2 aliphatic carbocycles. The van der Waals surface area contributed by atoms with Crippen LogP contribution in [-0.2, 0) is 10.8 Å². The van der Waals surface area contributed by atoms with Gasteiger partial charge in [0.15, 0.2) is 0 Å². The van der Waals surface area contributed by atoms with Gasteiger partial charge in [-0.05, 0) is 128 Å². The minimum absolute atomic E-state index is 0.122. The summed E-state index contributed by atoms with van der Waals surface area (Å²) in [5.74, 6) is 3.05. The minimum Gasteiger partial charge on any atom is -0.508 e. The zero-order valence-corrected chi connectivity index (χ0v) is 21.7. The molecular formula is C33H40O3. The summed E-state index contributed by atoms with van der Waals surface area (Å²) in [5, 5.41) is 29.9. The summed E-state index contributed by atoms with van der Waals surface area (Å²) in [6.07, 6.45) is 9.34. The van der Waals surface area contributed by atoms with Gasteiger partial charge in [0.25, 0.3) is 0 Å². The van der Waals surface area contributed by atoms with Gasteiger partial charge in [0.1, 0.15) is 17.2 Å². The van der Waals surface area contributed by atoms with Crippen molar-refractivity contribution in [2.24, 2.45) is 17.8 Å². The van der Waals surface area contributed by atoms with Crippen molar-refractivity contribution in [1.29, 1.82) is 0 Å². The van der Waals surface area contributed by atoms with Gasteiger partial charge in [-0.1, -0.05) is 50.2 Å². The molecule has 190 valence electrons. The molecule has 3 aromatic rings. The highest BCUT2D eigenvalue weighted by molar-refractivity contribution is 5.44. The van der Waals surface area contributed by atoms with Crippen molar-refractivity contribution in [3.63, 3.8) is 0 Å². The maximum absolute atomic E-state index is 9.99. The number of hydrogen-bond acceptors (Lipinski definition) is 3. The van der Waals surface area contributed by atoms with Crippen LogP contribution < -0.4 is 0 Å². The molecule has 2 fully saturated rings. The number of benzene rings is 3. The van der Waals surface area contributed by atoms with E-state index in [1.54, 1.807) is 24.3 Å². The van der Waals surface area contributed by atoms with E-state index in [1.807, 2.05) is 12.1 Å². The van der Waals surface area contributed by atoms with Crippen LogP contribution in [-0.4, -0.2) is 15.3 Å². The normalized spacial score (nSPS) is 24.6. The zero-order chi connectivity index (χ0) is 25.3. The highest BCUT2D eigenvalue weighted by atomic mass is 16.3. The quantitative estimate of drug-likeness (QED) is 0.343. The van der Waals surface area contributed by atoms with Crippen molar-refractivity contribution < 1.29 is 15.3 Å². The van der Waals surface area contributed by atoms with Gasteiger partial charge in [-0.2, -0.15) is 0 Å². The zero-order valence-electron chi connectivity index (χ0n) is 21.7. The predicted molar refractivity (Wildman–Crippen MR) is 146 cm³/mol. The molecule has 2 aliphatic rings. The van der Waals surface area contributed by atoms with E-state index in [0.29, 0.717) is 23.2 Å². The lowest BCUT2D eigenvalue weighted by Gasteiger charge is -2.51. The summed E-state index contributed by atoms with van der Waals surface area (Å²) in [6, 6.07) is 23.6. The molecule has 0 atom stereocenters. The number of aromatic hydroxyl groups is 3. The molecular weight excluding hydrogens is 444 g/mol. The molecule has 5 rings (SSSR count). The molecule has 36 heavy (non-hydrogen) atoms. The summed E-state index contributed by atoms with van der Waals surface area (Å²) in [4.78, 5) is 0. The van der Waals surface area contributed by atoms with Crippen molar-refractivity contribution in [3.05, 3.63) is 89.5 Å². The largest absolute Gasteiger partial charge is 0.508 e. The summed E-state index contributed by atoms with van der Waals surface area (Å²) in [5.41, 5.74) is 3.92. The number of rotatable bonds is 5. The van der Waals surface area contributed by atoms with Gasteiger partial charge in [0.2, 0.25) is 0 Å². The molecule has 3 N–H and O–H groups in total. The molecule has 0 amide bonds. The Morgan fingerprint density at radius 1 is 0.556 bits per heavy atom. The lowest BCUT2D eigenvalue weighted by Crippen LogP contribution is -2.44. The number of phenolic OH excluding ortho intramolecular Hbond substituents is 3. The van der Waals surface area contributed by atoms with E-state index in [-0.39, 0.29) is 10.8 Å². The Kier molecular flexibility index (Phi) is 6.76. The first-order valence-electron chi connectivity index (χ1n) is 13.7. The smallest absolute Gasteiger partial charge is 0.115 e. The van der Waals surface area contributed by atoms with Crippen LogP contribution in [0.2, 0.25) is 0 Å². The third kappa shape index (κ3) is 4.49. The van der Waals surface area contributed by atoms with E-state index >= 15 is 0 Å². The lowest BCUT2D eigenvalue weighted by molar-refractivity contribution is 0.0940. The molecule has 3 aromatic carbocycles. The maximum Gasteiger partial charge on any atom is 0.115 e. The van der Waals surface area contributed by atoms with Crippen molar-refractivity contribution in [3.8, 4) is 17.2 Å². The van der Waals surface area contributed by atoms with Crippen molar-refractivity contribution >= 4 is 0 Å². The van der Waals surface area contributed by atoms with Gasteiger partial charge in [-0.15, -0.1) is 0 Å². The Balaban J connectivity index is 1.48. The molecule has 2 saturated carbocycles. The van der Waals surface area contributed by atoms with Crippen molar-refractivity contribution in [2.75, 3.05) is 0 Å². The van der Waals surface area contributed by atoms with Gasteiger partial charge in [-0.3, -0.25) is 0 Å². The number of hydrogen-bond donors (Lipinski definition) is 3. The second-order valence-corrected chi connectivity index (χ2v) is 11.7. The molecule has 0 spiro atoms. The van der Waals surface area contributed by atoms with Crippen LogP contribution in [0.5, 0.6) is 17.2 Å². The molecule has 3 nitrogen and oxygen atoms in total. The fraction of sp³-hybridized carbons (Fsp3) is 0.455. The van der Waals surface area contributed by atoms with Crippen molar-refractivity contribution in [1.82, 2.24) is 0 Å². The van der Waals surface area contributed by atoms with Gasteiger partial charge in [-0.25, -0.2) is 0 Å². The molecule has 0 unspecified atom stereocenters. The second kappa shape index (κ2) is 9.84. The Labute approximate surface area is 215 Å². The van der Waals surface area contributed by atoms with Gasteiger partial charge >= 0.3 is 0 Å². The first-order chi connectivity index (χ1) is 17.3. The highest BCUT2D eigenvalue weighted by Crippen LogP contribution is 2.56. The first-order valence-corrected chi connectivity index (χ1v) is 13.7. The topological polar surface area (TPSA) is 60.7 Å². The lowest BCUT2D eigenvalue weighted by atomic mass is 9.53. The van der Waals surface area contributed by atoms with Crippen LogP contribution >= 0.6 is 0 Å². The average Bonchev–Trinajstić information content (AvgIpc) is 2.90.